The third-order valence-electron chi connectivity index (χ3n) is 7.32. The van der Waals surface area contributed by atoms with E-state index in [1.54, 1.807) is 65.8 Å². The number of esters is 3. The van der Waals surface area contributed by atoms with E-state index in [1.807, 2.05) is 13.8 Å². The Kier molecular flexibility index (Phi) is 19.5. The molecule has 0 heterocycles. The predicted octanol–water partition coefficient (Wildman–Crippen LogP) is 7.48. The first-order valence-electron chi connectivity index (χ1n) is 16.9. The van der Waals surface area contributed by atoms with Gasteiger partial charge in [-0.2, -0.15) is 0 Å². The summed E-state index contributed by atoms with van der Waals surface area (Å²) in [6.45, 7) is 16.9. The van der Waals surface area contributed by atoms with Crippen LogP contribution >= 0.6 is 46.4 Å². The molecule has 0 bridgehead atoms. The van der Waals surface area contributed by atoms with E-state index < -0.39 is 69.6 Å². The molecule has 0 spiro atoms. The molecule has 0 fully saturated rings. The molecule has 0 aliphatic rings. The SMILES string of the molecule is C=C[C@@H](C)[C@H](C/C=C/C(=O)N[C@H](Cc1ccc(OC)c(Cl)c1)C(=O)OCC(Cl)(Cl)Cl)OC(=O)[C@H](CC(C)C)OC(=O)C(C)(C)CNC(=O)OC(C)(C)C. The predicted molar refractivity (Wildman–Crippen MR) is 205 cm³/mol. The molecule has 0 saturated carbocycles. The number of hydrogen-bond acceptors (Lipinski definition) is 10. The van der Waals surface area contributed by atoms with Crippen molar-refractivity contribution >= 4 is 76.3 Å². The highest BCUT2D eigenvalue weighted by atomic mass is 35.6. The number of nitrogens with one attached hydrogen (secondary N) is 2. The van der Waals surface area contributed by atoms with Gasteiger partial charge in [0.2, 0.25) is 9.70 Å². The minimum atomic E-state index is -1.87. The average Bonchev–Trinajstić information content (AvgIpc) is 3.03. The van der Waals surface area contributed by atoms with Gasteiger partial charge in [0.05, 0.1) is 17.5 Å². The first kappa shape index (κ1) is 47.8. The summed E-state index contributed by atoms with van der Waals surface area (Å²) >= 11 is 23.5. The first-order chi connectivity index (χ1) is 24.4. The van der Waals surface area contributed by atoms with Crippen molar-refractivity contribution in [3.63, 3.8) is 0 Å². The molecule has 1 aromatic carbocycles. The molecular formula is C37H52Cl4N2O10. The molecule has 0 aliphatic heterocycles. The van der Waals surface area contributed by atoms with Crippen LogP contribution in [0.2, 0.25) is 5.02 Å². The number of ether oxygens (including phenoxy) is 5. The molecule has 0 unspecified atom stereocenters. The van der Waals surface area contributed by atoms with Crippen LogP contribution in [0, 0.1) is 17.3 Å². The van der Waals surface area contributed by atoms with Crippen molar-refractivity contribution in [3.8, 4) is 5.75 Å². The van der Waals surface area contributed by atoms with Crippen LogP contribution in [0.25, 0.3) is 0 Å². The van der Waals surface area contributed by atoms with E-state index in [1.165, 1.54) is 19.3 Å². The molecule has 298 valence electrons. The summed E-state index contributed by atoms with van der Waals surface area (Å²) in [5.41, 5.74) is -1.35. The van der Waals surface area contributed by atoms with Gasteiger partial charge in [-0.25, -0.2) is 14.4 Å². The third-order valence-corrected chi connectivity index (χ3v) is 7.94. The highest BCUT2D eigenvalue weighted by Crippen LogP contribution is 2.28. The van der Waals surface area contributed by atoms with Gasteiger partial charge >= 0.3 is 24.0 Å². The van der Waals surface area contributed by atoms with E-state index in [2.05, 4.69) is 17.2 Å². The smallest absolute Gasteiger partial charge is 0.407 e. The second-order valence-electron chi connectivity index (χ2n) is 14.4. The van der Waals surface area contributed by atoms with E-state index in [9.17, 15) is 24.0 Å². The lowest BCUT2D eigenvalue weighted by Crippen LogP contribution is -2.44. The Balaban J connectivity index is 3.08. The van der Waals surface area contributed by atoms with Crippen molar-refractivity contribution in [2.45, 2.75) is 102 Å². The lowest BCUT2D eigenvalue weighted by molar-refractivity contribution is -0.178. The number of carbonyl (C=O) groups excluding carboxylic acids is 5. The topological polar surface area (TPSA) is 156 Å². The second kappa shape index (κ2) is 21.6. The zero-order valence-corrected chi connectivity index (χ0v) is 34.7. The third kappa shape index (κ3) is 19.1. The molecule has 4 atom stereocenters. The zero-order valence-electron chi connectivity index (χ0n) is 31.7. The maximum absolute atomic E-state index is 13.5. The molecule has 1 aromatic rings. The van der Waals surface area contributed by atoms with E-state index in [0.717, 1.165) is 0 Å². The maximum atomic E-state index is 13.5. The monoisotopic (exact) mass is 824 g/mol. The van der Waals surface area contributed by atoms with Gasteiger partial charge in [-0.1, -0.05) is 85.4 Å². The Hall–Kier alpha value is -3.19. The van der Waals surface area contributed by atoms with Crippen LogP contribution in [-0.2, 0) is 44.5 Å². The Morgan fingerprint density at radius 3 is 2.13 bits per heavy atom. The number of halogens is 4. The van der Waals surface area contributed by atoms with Gasteiger partial charge in [0.15, 0.2) is 6.10 Å². The van der Waals surface area contributed by atoms with E-state index >= 15 is 0 Å². The van der Waals surface area contributed by atoms with Crippen LogP contribution in [0.1, 0.15) is 73.8 Å². The van der Waals surface area contributed by atoms with Crippen molar-refractivity contribution in [1.29, 1.82) is 0 Å². The molecule has 2 N–H and O–H groups in total. The summed E-state index contributed by atoms with van der Waals surface area (Å²) in [5.74, 6) is -3.02. The minimum Gasteiger partial charge on any atom is -0.495 e. The fourth-order valence-electron chi connectivity index (χ4n) is 4.38. The average molecular weight is 827 g/mol. The summed E-state index contributed by atoms with van der Waals surface area (Å²) in [7, 11) is 1.46. The number of amides is 2. The van der Waals surface area contributed by atoms with Gasteiger partial charge in [0.25, 0.3) is 0 Å². The normalized spacial score (nSPS) is 14.4. The summed E-state index contributed by atoms with van der Waals surface area (Å²) in [5, 5.41) is 5.44. The van der Waals surface area contributed by atoms with Crippen LogP contribution < -0.4 is 15.4 Å². The Bertz CT molecular complexity index is 1450. The van der Waals surface area contributed by atoms with Crippen LogP contribution in [0.3, 0.4) is 0 Å². The van der Waals surface area contributed by atoms with E-state index in [4.69, 9.17) is 70.1 Å². The van der Waals surface area contributed by atoms with Gasteiger partial charge in [-0.15, -0.1) is 6.58 Å². The number of rotatable bonds is 19. The fourth-order valence-corrected chi connectivity index (χ4v) is 4.83. The summed E-state index contributed by atoms with van der Waals surface area (Å²) in [6.07, 6.45) is 1.70. The van der Waals surface area contributed by atoms with Crippen molar-refractivity contribution < 1.29 is 47.7 Å². The summed E-state index contributed by atoms with van der Waals surface area (Å²) in [6, 6.07) is 3.67. The number of alkyl halides is 3. The molecule has 16 heteroatoms. The largest absolute Gasteiger partial charge is 0.495 e. The zero-order chi connectivity index (χ0) is 40.7. The Labute approximate surface area is 332 Å². The fraction of sp³-hybridized carbons (Fsp3) is 0.595. The Morgan fingerprint density at radius 2 is 1.60 bits per heavy atom. The number of alkyl carbamates (subject to hydrolysis) is 1. The summed E-state index contributed by atoms with van der Waals surface area (Å²) in [4.78, 5) is 64.8. The van der Waals surface area contributed by atoms with Crippen LogP contribution in [0.5, 0.6) is 5.75 Å². The molecule has 53 heavy (non-hydrogen) atoms. The van der Waals surface area contributed by atoms with Crippen molar-refractivity contribution in [2.24, 2.45) is 17.3 Å². The number of hydrogen-bond donors (Lipinski definition) is 2. The van der Waals surface area contributed by atoms with Crippen LogP contribution in [0.4, 0.5) is 4.79 Å². The van der Waals surface area contributed by atoms with Gasteiger partial charge < -0.3 is 34.3 Å². The molecule has 2 amide bonds. The maximum Gasteiger partial charge on any atom is 0.407 e. The first-order valence-corrected chi connectivity index (χ1v) is 18.4. The number of carbonyl (C=O) groups is 5. The standard InChI is InChI=1S/C37H52Cl4N2O10/c1-11-23(4)27(51-32(46)29(17-22(2)3)52-33(47)36(8,9)20-42-34(48)53-35(5,6)7)13-12-14-30(44)43-26(31(45)50-21-37(39,40)41)19-24-15-16-28(49-10)25(38)18-24/h11-12,14-16,18,22-23,26-27,29H,1,13,17,19-21H2,2-10H3,(H,42,48)(H,43,44)/b14-12+/t23-,26-,27+,29+/m1/s1. The molecule has 0 aromatic heterocycles. The molecule has 0 saturated heterocycles. The molecular weight excluding hydrogens is 774 g/mol. The van der Waals surface area contributed by atoms with Gasteiger partial charge in [0, 0.05) is 25.3 Å². The van der Waals surface area contributed by atoms with Crippen molar-refractivity contribution in [3.05, 3.63) is 53.6 Å². The summed E-state index contributed by atoms with van der Waals surface area (Å²) < 4.78 is 25.1. The van der Waals surface area contributed by atoms with Crippen molar-refractivity contribution in [1.82, 2.24) is 10.6 Å². The van der Waals surface area contributed by atoms with E-state index in [-0.39, 0.29) is 37.6 Å². The number of methoxy groups -OCH3 is 1. The molecule has 1 rings (SSSR count). The highest BCUT2D eigenvalue weighted by Gasteiger charge is 2.36. The van der Waals surface area contributed by atoms with Crippen molar-refractivity contribution in [2.75, 3.05) is 20.3 Å². The van der Waals surface area contributed by atoms with Crippen LogP contribution in [-0.4, -0.2) is 77.8 Å². The van der Waals surface area contributed by atoms with Gasteiger partial charge in [0.1, 0.15) is 30.1 Å². The minimum absolute atomic E-state index is 0.0143. The lowest BCUT2D eigenvalue weighted by Gasteiger charge is -2.29. The molecule has 12 nitrogen and oxygen atoms in total. The quantitative estimate of drug-likeness (QED) is 0.0472. The van der Waals surface area contributed by atoms with Gasteiger partial charge in [-0.05, 0) is 70.7 Å². The highest BCUT2D eigenvalue weighted by molar-refractivity contribution is 6.67. The number of benzene rings is 1. The molecule has 0 radical (unpaired) electrons. The van der Waals surface area contributed by atoms with Gasteiger partial charge in [-0.3, -0.25) is 9.59 Å². The molecule has 0 aliphatic carbocycles. The lowest BCUT2D eigenvalue weighted by atomic mass is 9.93. The Morgan fingerprint density at radius 1 is 0.962 bits per heavy atom. The second-order valence-corrected chi connectivity index (χ2v) is 17.4. The van der Waals surface area contributed by atoms with E-state index in [0.29, 0.717) is 16.3 Å². The van der Waals surface area contributed by atoms with Crippen LogP contribution in [0.15, 0.2) is 43.0 Å².